The van der Waals surface area contributed by atoms with Gasteiger partial charge in [-0.3, -0.25) is 14.3 Å². The van der Waals surface area contributed by atoms with Crippen molar-refractivity contribution >= 4 is 5.91 Å². The molecule has 1 aromatic heterocycles. The summed E-state index contributed by atoms with van der Waals surface area (Å²) < 4.78 is 1.64. The van der Waals surface area contributed by atoms with Crippen molar-refractivity contribution in [3.8, 4) is 28.6 Å². The van der Waals surface area contributed by atoms with Crippen LogP contribution in [0.2, 0.25) is 0 Å². The van der Waals surface area contributed by atoms with Crippen molar-refractivity contribution in [3.05, 3.63) is 53.3 Å². The molecule has 4 rings (SSSR count). The molecule has 0 spiro atoms. The van der Waals surface area contributed by atoms with Crippen LogP contribution < -0.4 is 5.32 Å². The largest absolute Gasteiger partial charge is 0.508 e. The van der Waals surface area contributed by atoms with Crippen molar-refractivity contribution in [2.45, 2.75) is 33.2 Å². The Balaban J connectivity index is 1.69. The second kappa shape index (κ2) is 10.5. The van der Waals surface area contributed by atoms with Crippen LogP contribution >= 0.6 is 0 Å². The first-order valence-electron chi connectivity index (χ1n) is 12.1. The molecule has 0 radical (unpaired) electrons. The zero-order valence-electron chi connectivity index (χ0n) is 20.8. The van der Waals surface area contributed by atoms with Crippen LogP contribution in [0.3, 0.4) is 0 Å². The molecule has 0 aliphatic carbocycles. The molecule has 9 nitrogen and oxygen atoms in total. The number of benzene rings is 2. The number of hydrogen-bond donors (Lipinski definition) is 3. The van der Waals surface area contributed by atoms with Crippen LogP contribution in [0.1, 0.15) is 48.4 Å². The predicted octanol–water partition coefficient (Wildman–Crippen LogP) is 2.97. The Labute approximate surface area is 206 Å². The summed E-state index contributed by atoms with van der Waals surface area (Å²) in [6.45, 7) is 12.3. The molecule has 1 amide bonds. The third kappa shape index (κ3) is 5.16. The number of carbonyl (C=O) groups excluding carboxylic acids is 1. The summed E-state index contributed by atoms with van der Waals surface area (Å²) in [4.78, 5) is 17.5. The van der Waals surface area contributed by atoms with E-state index in [1.807, 2.05) is 26.0 Å². The summed E-state index contributed by atoms with van der Waals surface area (Å²) in [7, 11) is 1.54. The fraction of sp³-hybridized carbons (Fsp3) is 0.423. The number of aromatic hydroxyl groups is 2. The number of aromatic nitrogens is 3. The van der Waals surface area contributed by atoms with Gasteiger partial charge in [-0.25, -0.2) is 0 Å². The van der Waals surface area contributed by atoms with Crippen molar-refractivity contribution in [1.82, 2.24) is 29.9 Å². The minimum absolute atomic E-state index is 0.0166. The summed E-state index contributed by atoms with van der Waals surface area (Å²) in [6, 6.07) is 11.0. The number of likely N-dealkylation sites (N-methyl/N-ethyl adjacent to an activating group) is 1. The van der Waals surface area contributed by atoms with Crippen LogP contribution in [0.5, 0.6) is 11.5 Å². The molecule has 2 aromatic carbocycles. The van der Waals surface area contributed by atoms with Gasteiger partial charge in [0, 0.05) is 51.5 Å². The Hall–Kier alpha value is -3.43. The Morgan fingerprint density at radius 2 is 1.66 bits per heavy atom. The van der Waals surface area contributed by atoms with Gasteiger partial charge in [-0.15, -0.1) is 10.2 Å². The molecule has 1 saturated heterocycles. The first kappa shape index (κ1) is 24.7. The van der Waals surface area contributed by atoms with Crippen LogP contribution in [-0.2, 0) is 6.54 Å². The van der Waals surface area contributed by atoms with Gasteiger partial charge < -0.3 is 20.4 Å². The van der Waals surface area contributed by atoms with Crippen LogP contribution in [-0.4, -0.2) is 80.5 Å². The fourth-order valence-corrected chi connectivity index (χ4v) is 4.47. The SMILES string of the molecule is CCN1CCN(Cc2ccc(-n3c(C(=O)NC)nnc3-c3cc(C(C)C)c(O)cc3O)cc2)CC1. The van der Waals surface area contributed by atoms with E-state index in [4.69, 9.17) is 0 Å². The van der Waals surface area contributed by atoms with E-state index in [9.17, 15) is 15.0 Å². The standard InChI is InChI=1S/C26H34N6O3/c1-5-30-10-12-31(13-11-30)16-18-6-8-19(9-7-18)32-24(28-29-25(32)26(35)27-4)21-14-20(17(2)3)22(33)15-23(21)34/h6-9,14-15,17,33-34H,5,10-13,16H2,1-4H3,(H,27,35). The molecule has 0 atom stereocenters. The molecule has 35 heavy (non-hydrogen) atoms. The molecular weight excluding hydrogens is 444 g/mol. The van der Waals surface area contributed by atoms with Gasteiger partial charge in [0.1, 0.15) is 11.5 Å². The van der Waals surface area contributed by atoms with Crippen molar-refractivity contribution < 1.29 is 15.0 Å². The first-order chi connectivity index (χ1) is 16.8. The minimum Gasteiger partial charge on any atom is -0.508 e. The highest BCUT2D eigenvalue weighted by Gasteiger charge is 2.24. The average molecular weight is 479 g/mol. The Bertz CT molecular complexity index is 1180. The summed E-state index contributed by atoms with van der Waals surface area (Å²) in [6.07, 6.45) is 0. The van der Waals surface area contributed by atoms with E-state index >= 15 is 0 Å². The number of amides is 1. The van der Waals surface area contributed by atoms with Gasteiger partial charge in [-0.05, 0) is 41.8 Å². The Morgan fingerprint density at radius 3 is 2.26 bits per heavy atom. The van der Waals surface area contributed by atoms with Gasteiger partial charge in [0.15, 0.2) is 5.82 Å². The second-order valence-electron chi connectivity index (χ2n) is 9.22. The highest BCUT2D eigenvalue weighted by molar-refractivity contribution is 5.92. The molecule has 1 aliphatic heterocycles. The lowest BCUT2D eigenvalue weighted by Gasteiger charge is -2.34. The number of nitrogens with one attached hydrogen (secondary N) is 1. The Kier molecular flexibility index (Phi) is 7.37. The van der Waals surface area contributed by atoms with E-state index in [2.05, 4.69) is 44.4 Å². The van der Waals surface area contributed by atoms with E-state index in [1.54, 1.807) is 10.6 Å². The first-order valence-corrected chi connectivity index (χ1v) is 12.1. The number of phenolic OH excluding ortho intramolecular Hbond substituents is 2. The van der Waals surface area contributed by atoms with E-state index < -0.39 is 0 Å². The van der Waals surface area contributed by atoms with Crippen molar-refractivity contribution in [3.63, 3.8) is 0 Å². The number of hydrogen-bond acceptors (Lipinski definition) is 7. The summed E-state index contributed by atoms with van der Waals surface area (Å²) in [5, 5.41) is 31.9. The number of phenols is 2. The van der Waals surface area contributed by atoms with Crippen LogP contribution in [0.15, 0.2) is 36.4 Å². The highest BCUT2D eigenvalue weighted by Crippen LogP contribution is 2.38. The van der Waals surface area contributed by atoms with Crippen LogP contribution in [0.25, 0.3) is 17.1 Å². The lowest BCUT2D eigenvalue weighted by Crippen LogP contribution is -2.45. The van der Waals surface area contributed by atoms with Gasteiger partial charge in [0.25, 0.3) is 5.91 Å². The van der Waals surface area contributed by atoms with E-state index in [-0.39, 0.29) is 29.1 Å². The number of piperazine rings is 1. The molecule has 0 bridgehead atoms. The molecular formula is C26H34N6O3. The average Bonchev–Trinajstić information content (AvgIpc) is 3.29. The number of rotatable bonds is 7. The lowest BCUT2D eigenvalue weighted by atomic mass is 9.98. The molecule has 3 N–H and O–H groups in total. The summed E-state index contributed by atoms with van der Waals surface area (Å²) >= 11 is 0. The van der Waals surface area contributed by atoms with E-state index in [0.717, 1.165) is 39.3 Å². The maximum absolute atomic E-state index is 12.6. The smallest absolute Gasteiger partial charge is 0.289 e. The van der Waals surface area contributed by atoms with Crippen molar-refractivity contribution in [1.29, 1.82) is 0 Å². The molecule has 9 heteroatoms. The zero-order chi connectivity index (χ0) is 25.1. The topological polar surface area (TPSA) is 107 Å². The van der Waals surface area contributed by atoms with Gasteiger partial charge in [-0.1, -0.05) is 32.9 Å². The van der Waals surface area contributed by atoms with Crippen LogP contribution in [0.4, 0.5) is 0 Å². The number of carbonyl (C=O) groups is 1. The van der Waals surface area contributed by atoms with E-state index in [1.165, 1.54) is 18.7 Å². The second-order valence-corrected chi connectivity index (χ2v) is 9.22. The fourth-order valence-electron chi connectivity index (χ4n) is 4.47. The molecule has 3 aromatic rings. The minimum atomic E-state index is -0.385. The highest BCUT2D eigenvalue weighted by atomic mass is 16.3. The van der Waals surface area contributed by atoms with Gasteiger partial charge in [-0.2, -0.15) is 0 Å². The quantitative estimate of drug-likeness (QED) is 0.479. The molecule has 0 saturated carbocycles. The van der Waals surface area contributed by atoms with Crippen molar-refractivity contribution in [2.75, 3.05) is 39.8 Å². The predicted molar refractivity (Wildman–Crippen MR) is 135 cm³/mol. The molecule has 1 fully saturated rings. The van der Waals surface area contributed by atoms with Gasteiger partial charge in [0.2, 0.25) is 5.82 Å². The normalized spacial score (nSPS) is 15.0. The molecule has 186 valence electrons. The Morgan fingerprint density at radius 1 is 1.00 bits per heavy atom. The molecule has 2 heterocycles. The van der Waals surface area contributed by atoms with Crippen molar-refractivity contribution in [2.24, 2.45) is 0 Å². The molecule has 1 aliphatic rings. The third-order valence-corrected chi connectivity index (χ3v) is 6.61. The monoisotopic (exact) mass is 478 g/mol. The zero-order valence-corrected chi connectivity index (χ0v) is 20.8. The lowest BCUT2D eigenvalue weighted by molar-refractivity contribution is 0.0950. The summed E-state index contributed by atoms with van der Waals surface area (Å²) in [5.41, 5.74) is 2.96. The third-order valence-electron chi connectivity index (χ3n) is 6.61. The molecule has 0 unspecified atom stereocenters. The van der Waals surface area contributed by atoms with E-state index in [0.29, 0.717) is 22.6 Å². The van der Waals surface area contributed by atoms with Gasteiger partial charge in [0.05, 0.1) is 5.56 Å². The van der Waals surface area contributed by atoms with Gasteiger partial charge >= 0.3 is 0 Å². The number of nitrogens with zero attached hydrogens (tertiary/aromatic N) is 5. The maximum Gasteiger partial charge on any atom is 0.289 e. The maximum atomic E-state index is 12.6. The summed E-state index contributed by atoms with van der Waals surface area (Å²) in [5.74, 6) is -0.0302. The van der Waals surface area contributed by atoms with Crippen LogP contribution in [0, 0.1) is 0 Å².